The molecule has 4 heterocycles. The summed E-state index contributed by atoms with van der Waals surface area (Å²) in [5.41, 5.74) is -1.36. The van der Waals surface area contributed by atoms with Crippen molar-refractivity contribution in [2.75, 3.05) is 26.3 Å². The van der Waals surface area contributed by atoms with Gasteiger partial charge in [0.2, 0.25) is 5.88 Å². The Morgan fingerprint density at radius 3 is 2.70 bits per heavy atom. The van der Waals surface area contributed by atoms with E-state index in [1.165, 1.54) is 30.3 Å². The number of aromatic hydroxyl groups is 1. The maximum atomic E-state index is 16.0. The minimum Gasteiger partial charge on any atom is -0.508 e. The maximum absolute atomic E-state index is 16.0. The fourth-order valence-corrected chi connectivity index (χ4v) is 5.70. The normalized spacial score (nSPS) is 21.3. The van der Waals surface area contributed by atoms with E-state index in [0.29, 0.717) is 13.0 Å². The molecule has 0 spiro atoms. The summed E-state index contributed by atoms with van der Waals surface area (Å²) >= 11 is 0. The summed E-state index contributed by atoms with van der Waals surface area (Å²) < 4.78 is 94.2. The molecular weight excluding hydrogens is 542 g/mol. The van der Waals surface area contributed by atoms with E-state index in [0.717, 1.165) is 12.6 Å². The zero-order chi connectivity index (χ0) is 28.2. The molecule has 0 amide bonds. The molecule has 0 radical (unpaired) electrons. The van der Waals surface area contributed by atoms with E-state index in [-0.39, 0.29) is 52.7 Å². The molecule has 2 aliphatic heterocycles. The summed E-state index contributed by atoms with van der Waals surface area (Å²) in [6.07, 6.45) is -3.00. The molecule has 2 saturated heterocycles. The second-order valence-electron chi connectivity index (χ2n) is 10.1. The molecular formula is C27H22F6N4O3. The summed E-state index contributed by atoms with van der Waals surface area (Å²) in [4.78, 5) is 14.1. The van der Waals surface area contributed by atoms with Crippen LogP contribution in [-0.4, -0.2) is 69.1 Å². The third-order valence-corrected chi connectivity index (χ3v) is 7.41. The summed E-state index contributed by atoms with van der Waals surface area (Å²) in [7, 11) is 0. The molecule has 210 valence electrons. The number of hydrogen-bond acceptors (Lipinski definition) is 7. The summed E-state index contributed by atoms with van der Waals surface area (Å²) in [5.74, 6) is -2.67. The number of pyridine rings is 1. The molecule has 4 aromatic rings. The number of ether oxygens (including phenoxy) is 2. The fraction of sp³-hybridized carbons (Fsp3) is 0.370. The Morgan fingerprint density at radius 2 is 1.90 bits per heavy atom. The van der Waals surface area contributed by atoms with Crippen LogP contribution in [0, 0.1) is 11.6 Å². The molecule has 2 fully saturated rings. The van der Waals surface area contributed by atoms with E-state index in [1.807, 2.05) is 4.90 Å². The number of halogens is 6. The molecule has 6 rings (SSSR count). The van der Waals surface area contributed by atoms with Gasteiger partial charge in [-0.25, -0.2) is 13.2 Å². The van der Waals surface area contributed by atoms with Crippen LogP contribution in [0.15, 0.2) is 36.5 Å². The van der Waals surface area contributed by atoms with Gasteiger partial charge >= 0.3 is 12.2 Å². The Bertz CT molecular complexity index is 1620. The Morgan fingerprint density at radius 1 is 1.07 bits per heavy atom. The van der Waals surface area contributed by atoms with Crippen LogP contribution < -0.4 is 9.47 Å². The number of benzene rings is 2. The minimum atomic E-state index is -4.71. The summed E-state index contributed by atoms with van der Waals surface area (Å²) in [6.45, 7) is -0.818. The minimum absolute atomic E-state index is 0.0165. The monoisotopic (exact) mass is 564 g/mol. The quantitative estimate of drug-likeness (QED) is 0.300. The Balaban J connectivity index is 1.45. The van der Waals surface area contributed by atoms with E-state index in [1.54, 1.807) is 0 Å². The van der Waals surface area contributed by atoms with Crippen molar-refractivity contribution in [2.45, 2.75) is 37.1 Å². The highest BCUT2D eigenvalue weighted by Crippen LogP contribution is 2.41. The van der Waals surface area contributed by atoms with Gasteiger partial charge in [-0.3, -0.25) is 9.88 Å². The van der Waals surface area contributed by atoms with Gasteiger partial charge in [-0.15, -0.1) is 0 Å². The van der Waals surface area contributed by atoms with Gasteiger partial charge in [0.1, 0.15) is 35.6 Å². The van der Waals surface area contributed by atoms with E-state index >= 15 is 4.39 Å². The van der Waals surface area contributed by atoms with Crippen molar-refractivity contribution in [3.63, 3.8) is 0 Å². The molecule has 1 N–H and O–H groups in total. The lowest BCUT2D eigenvalue weighted by Gasteiger charge is -2.30. The van der Waals surface area contributed by atoms with Crippen molar-refractivity contribution in [3.05, 3.63) is 48.2 Å². The number of rotatable bonds is 6. The fourth-order valence-electron chi connectivity index (χ4n) is 5.70. The van der Waals surface area contributed by atoms with Crippen molar-refractivity contribution < 1.29 is 40.9 Å². The molecule has 13 heteroatoms. The smallest absolute Gasteiger partial charge is 0.422 e. The number of nitrogens with zero attached hydrogens (tertiary/aromatic N) is 4. The number of aromatic nitrogens is 3. The lowest BCUT2D eigenvalue weighted by molar-refractivity contribution is -0.153. The number of phenolic OH excluding ortho intramolecular Hbond substituents is 1. The lowest BCUT2D eigenvalue weighted by atomic mass is 9.95. The van der Waals surface area contributed by atoms with Crippen LogP contribution >= 0.6 is 0 Å². The molecule has 0 saturated carbocycles. The van der Waals surface area contributed by atoms with Crippen molar-refractivity contribution in [3.8, 4) is 28.9 Å². The second-order valence-corrected chi connectivity index (χ2v) is 10.1. The van der Waals surface area contributed by atoms with Crippen LogP contribution in [0.4, 0.5) is 26.3 Å². The first-order valence-corrected chi connectivity index (χ1v) is 12.5. The topological polar surface area (TPSA) is 80.6 Å². The van der Waals surface area contributed by atoms with E-state index in [4.69, 9.17) is 9.47 Å². The zero-order valence-electron chi connectivity index (χ0n) is 20.8. The van der Waals surface area contributed by atoms with Gasteiger partial charge in [0.15, 0.2) is 12.4 Å². The molecule has 0 aliphatic carbocycles. The summed E-state index contributed by atoms with van der Waals surface area (Å²) in [6, 6.07) is 6.02. The molecule has 2 aromatic heterocycles. The third kappa shape index (κ3) is 4.72. The highest BCUT2D eigenvalue weighted by Gasteiger charge is 2.49. The molecule has 0 unspecified atom stereocenters. The van der Waals surface area contributed by atoms with Gasteiger partial charge in [-0.1, -0.05) is 12.1 Å². The number of fused-ring (bicyclic) bond motifs is 3. The Hall–Kier alpha value is -3.87. The molecule has 2 aliphatic rings. The molecule has 0 bridgehead atoms. The van der Waals surface area contributed by atoms with Crippen LogP contribution in [-0.2, 0) is 0 Å². The van der Waals surface area contributed by atoms with Gasteiger partial charge in [0.05, 0.1) is 10.9 Å². The van der Waals surface area contributed by atoms with Gasteiger partial charge in [-0.05, 0) is 43.0 Å². The first-order chi connectivity index (χ1) is 19.0. The van der Waals surface area contributed by atoms with Crippen LogP contribution in [0.3, 0.4) is 0 Å². The predicted octanol–water partition coefficient (Wildman–Crippen LogP) is 5.73. The van der Waals surface area contributed by atoms with Crippen molar-refractivity contribution >= 4 is 21.7 Å². The third-order valence-electron chi connectivity index (χ3n) is 7.41. The van der Waals surface area contributed by atoms with E-state index in [9.17, 15) is 27.1 Å². The first-order valence-electron chi connectivity index (χ1n) is 12.5. The largest absolute Gasteiger partial charge is 0.508 e. The average Bonchev–Trinajstić information content (AvgIpc) is 3.42. The molecule has 7 nitrogen and oxygen atoms in total. The van der Waals surface area contributed by atoms with Crippen molar-refractivity contribution in [1.82, 2.24) is 19.9 Å². The van der Waals surface area contributed by atoms with Crippen LogP contribution in [0.25, 0.3) is 32.9 Å². The van der Waals surface area contributed by atoms with Crippen LogP contribution in [0.5, 0.6) is 17.6 Å². The van der Waals surface area contributed by atoms with Gasteiger partial charge in [-0.2, -0.15) is 23.1 Å². The standard InChI is InChI=1S/C27H22F6N4O3/c28-14-9-26(5-2-6-37(26)11-14)12-40-25-35-23-19(24(36-25)39-13-27(31,32)33)10-34-22(21(23)30)18-8-15(38)7-17-16(18)3-1-4-20(17)29/h1,3-4,7-8,10,14,38H,2,5-6,9,11-13H2/t14-,26+/m1/s1. The highest BCUT2D eigenvalue weighted by molar-refractivity contribution is 5.99. The van der Waals surface area contributed by atoms with E-state index in [2.05, 4.69) is 15.0 Å². The lowest BCUT2D eigenvalue weighted by Crippen LogP contribution is -2.43. The van der Waals surface area contributed by atoms with Crippen LogP contribution in [0.1, 0.15) is 19.3 Å². The van der Waals surface area contributed by atoms with Gasteiger partial charge < -0.3 is 14.6 Å². The zero-order valence-corrected chi connectivity index (χ0v) is 20.8. The number of hydrogen-bond donors (Lipinski definition) is 1. The average molecular weight is 564 g/mol. The predicted molar refractivity (Wildman–Crippen MR) is 132 cm³/mol. The van der Waals surface area contributed by atoms with Crippen LogP contribution in [0.2, 0.25) is 0 Å². The summed E-state index contributed by atoms with van der Waals surface area (Å²) in [5, 5.41) is 10.2. The van der Waals surface area contributed by atoms with E-state index < -0.39 is 53.5 Å². The number of alkyl halides is 4. The molecule has 40 heavy (non-hydrogen) atoms. The highest BCUT2D eigenvalue weighted by atomic mass is 19.4. The molecule has 2 atom stereocenters. The van der Waals surface area contributed by atoms with Crippen molar-refractivity contribution in [1.29, 1.82) is 0 Å². The SMILES string of the molecule is Oc1cc(-c2ncc3c(OCC(F)(F)F)nc(OC[C@@]45CCCN4C[C@H](F)C5)nc3c2F)c2cccc(F)c2c1. The maximum Gasteiger partial charge on any atom is 0.422 e. The Labute approximate surface area is 223 Å². The second kappa shape index (κ2) is 9.65. The Kier molecular flexibility index (Phi) is 6.36. The van der Waals surface area contributed by atoms with Crippen molar-refractivity contribution in [2.24, 2.45) is 0 Å². The first kappa shape index (κ1) is 26.4. The van der Waals surface area contributed by atoms with Gasteiger partial charge in [0.25, 0.3) is 0 Å². The molecule has 2 aromatic carbocycles. The van der Waals surface area contributed by atoms with Gasteiger partial charge in [0, 0.05) is 30.1 Å². The number of phenols is 1.